The molecule has 3 aromatic rings. The van der Waals surface area contributed by atoms with Gasteiger partial charge in [-0.15, -0.1) is 11.3 Å². The SMILES string of the molecule is CC(C)CN(CC(=O)N1CCc2sccc2[C@H]1COc1ccc(F)cc1)C(=O)c1ccccc1. The molecular formula is C27H29FN2O3S. The summed E-state index contributed by atoms with van der Waals surface area (Å²) in [4.78, 5) is 31.4. The number of carbonyl (C=O) groups excluding carboxylic acids is 2. The van der Waals surface area contributed by atoms with E-state index in [-0.39, 0.29) is 42.7 Å². The summed E-state index contributed by atoms with van der Waals surface area (Å²) in [6, 6.07) is 16.7. The molecular weight excluding hydrogens is 451 g/mol. The van der Waals surface area contributed by atoms with Crippen LogP contribution in [-0.4, -0.2) is 47.9 Å². The lowest BCUT2D eigenvalue weighted by Crippen LogP contribution is -2.48. The Kier molecular flexibility index (Phi) is 7.63. The number of amides is 2. The second-order valence-electron chi connectivity index (χ2n) is 8.86. The molecule has 0 N–H and O–H groups in total. The number of halogens is 1. The Morgan fingerprint density at radius 1 is 1.12 bits per heavy atom. The third kappa shape index (κ3) is 5.65. The number of benzene rings is 2. The van der Waals surface area contributed by atoms with E-state index in [0.717, 1.165) is 12.0 Å². The van der Waals surface area contributed by atoms with Gasteiger partial charge in [0.25, 0.3) is 5.91 Å². The number of rotatable bonds is 8. The third-order valence-corrected chi connectivity index (χ3v) is 6.85. The van der Waals surface area contributed by atoms with Crippen LogP contribution in [0.3, 0.4) is 0 Å². The van der Waals surface area contributed by atoms with Gasteiger partial charge in [0.05, 0.1) is 6.04 Å². The Balaban J connectivity index is 1.52. The molecule has 1 aliphatic rings. The molecule has 1 atom stereocenters. The molecule has 4 rings (SSSR count). The van der Waals surface area contributed by atoms with Gasteiger partial charge in [0, 0.05) is 23.5 Å². The summed E-state index contributed by atoms with van der Waals surface area (Å²) in [5, 5.41) is 2.04. The molecule has 2 aromatic carbocycles. The molecule has 0 aliphatic carbocycles. The molecule has 178 valence electrons. The highest BCUT2D eigenvalue weighted by Crippen LogP contribution is 2.34. The molecule has 2 heterocycles. The summed E-state index contributed by atoms with van der Waals surface area (Å²) < 4.78 is 19.2. The van der Waals surface area contributed by atoms with Gasteiger partial charge in [-0.05, 0) is 65.7 Å². The summed E-state index contributed by atoms with van der Waals surface area (Å²) >= 11 is 1.68. The summed E-state index contributed by atoms with van der Waals surface area (Å²) in [5.74, 6) is 0.208. The molecule has 2 amide bonds. The van der Waals surface area contributed by atoms with Crippen LogP contribution in [-0.2, 0) is 11.2 Å². The maximum absolute atomic E-state index is 13.6. The maximum atomic E-state index is 13.6. The molecule has 0 saturated heterocycles. The van der Waals surface area contributed by atoms with Crippen molar-refractivity contribution < 1.29 is 18.7 Å². The Hall–Kier alpha value is -3.19. The highest BCUT2D eigenvalue weighted by atomic mass is 32.1. The number of ether oxygens (including phenoxy) is 1. The minimum Gasteiger partial charge on any atom is -0.491 e. The van der Waals surface area contributed by atoms with Crippen molar-refractivity contribution in [3.63, 3.8) is 0 Å². The fourth-order valence-electron chi connectivity index (χ4n) is 4.26. The monoisotopic (exact) mass is 480 g/mol. The number of fused-ring (bicyclic) bond motifs is 1. The van der Waals surface area contributed by atoms with Crippen molar-refractivity contribution in [1.82, 2.24) is 9.80 Å². The van der Waals surface area contributed by atoms with Crippen LogP contribution in [0.1, 0.15) is 40.7 Å². The van der Waals surface area contributed by atoms with Gasteiger partial charge in [0.2, 0.25) is 5.91 Å². The van der Waals surface area contributed by atoms with E-state index in [9.17, 15) is 14.0 Å². The second-order valence-corrected chi connectivity index (χ2v) is 9.86. The number of thiophene rings is 1. The molecule has 34 heavy (non-hydrogen) atoms. The lowest BCUT2D eigenvalue weighted by molar-refractivity contribution is -0.135. The summed E-state index contributed by atoms with van der Waals surface area (Å²) in [7, 11) is 0. The van der Waals surface area contributed by atoms with Crippen LogP contribution in [0.5, 0.6) is 5.75 Å². The van der Waals surface area contributed by atoms with Crippen molar-refractivity contribution in [3.05, 3.63) is 87.9 Å². The fraction of sp³-hybridized carbons (Fsp3) is 0.333. The van der Waals surface area contributed by atoms with Gasteiger partial charge in [-0.1, -0.05) is 32.0 Å². The van der Waals surface area contributed by atoms with E-state index in [1.807, 2.05) is 48.4 Å². The lowest BCUT2D eigenvalue weighted by atomic mass is 10.00. The zero-order valence-electron chi connectivity index (χ0n) is 19.4. The summed E-state index contributed by atoms with van der Waals surface area (Å²) in [6.45, 7) is 5.41. The number of carbonyl (C=O) groups is 2. The highest BCUT2D eigenvalue weighted by Gasteiger charge is 2.33. The van der Waals surface area contributed by atoms with Crippen LogP contribution < -0.4 is 4.74 Å². The van der Waals surface area contributed by atoms with E-state index in [2.05, 4.69) is 0 Å². The Morgan fingerprint density at radius 2 is 1.85 bits per heavy atom. The van der Waals surface area contributed by atoms with Crippen LogP contribution >= 0.6 is 11.3 Å². The maximum Gasteiger partial charge on any atom is 0.254 e. The van der Waals surface area contributed by atoms with Crippen molar-refractivity contribution in [2.45, 2.75) is 26.3 Å². The fourth-order valence-corrected chi connectivity index (χ4v) is 5.19. The van der Waals surface area contributed by atoms with E-state index >= 15 is 0 Å². The predicted molar refractivity (Wildman–Crippen MR) is 132 cm³/mol. The largest absolute Gasteiger partial charge is 0.491 e. The van der Waals surface area contributed by atoms with Gasteiger partial charge >= 0.3 is 0 Å². The highest BCUT2D eigenvalue weighted by molar-refractivity contribution is 7.10. The molecule has 0 spiro atoms. The van der Waals surface area contributed by atoms with Crippen LogP contribution in [0, 0.1) is 11.7 Å². The van der Waals surface area contributed by atoms with Gasteiger partial charge < -0.3 is 14.5 Å². The van der Waals surface area contributed by atoms with E-state index in [0.29, 0.717) is 24.4 Å². The average molecular weight is 481 g/mol. The average Bonchev–Trinajstić information content (AvgIpc) is 3.32. The van der Waals surface area contributed by atoms with Crippen LogP contribution in [0.2, 0.25) is 0 Å². The molecule has 1 aromatic heterocycles. The van der Waals surface area contributed by atoms with E-state index in [1.165, 1.54) is 17.0 Å². The van der Waals surface area contributed by atoms with Crippen molar-refractivity contribution in [2.75, 3.05) is 26.2 Å². The van der Waals surface area contributed by atoms with Crippen LogP contribution in [0.4, 0.5) is 4.39 Å². The minimum atomic E-state index is -0.324. The normalized spacial score (nSPS) is 15.2. The van der Waals surface area contributed by atoms with Crippen LogP contribution in [0.15, 0.2) is 66.0 Å². The first-order valence-corrected chi connectivity index (χ1v) is 12.4. The van der Waals surface area contributed by atoms with Gasteiger partial charge in [-0.2, -0.15) is 0 Å². The number of hydrogen-bond donors (Lipinski definition) is 0. The molecule has 0 saturated carbocycles. The van der Waals surface area contributed by atoms with E-state index < -0.39 is 0 Å². The second kappa shape index (κ2) is 10.8. The smallest absolute Gasteiger partial charge is 0.254 e. The van der Waals surface area contributed by atoms with Crippen molar-refractivity contribution in [3.8, 4) is 5.75 Å². The molecule has 7 heteroatoms. The first-order valence-electron chi connectivity index (χ1n) is 11.5. The topological polar surface area (TPSA) is 49.9 Å². The van der Waals surface area contributed by atoms with Gasteiger partial charge in [-0.25, -0.2) is 4.39 Å². The van der Waals surface area contributed by atoms with Gasteiger partial charge in [0.1, 0.15) is 24.7 Å². The minimum absolute atomic E-state index is 0.0123. The van der Waals surface area contributed by atoms with Gasteiger partial charge in [0.15, 0.2) is 0 Å². The molecule has 1 aliphatic heterocycles. The van der Waals surface area contributed by atoms with Gasteiger partial charge in [-0.3, -0.25) is 9.59 Å². The molecule has 0 radical (unpaired) electrons. The molecule has 5 nitrogen and oxygen atoms in total. The summed E-state index contributed by atoms with van der Waals surface area (Å²) in [5.41, 5.74) is 1.66. The van der Waals surface area contributed by atoms with Crippen molar-refractivity contribution in [1.29, 1.82) is 0 Å². The number of hydrogen-bond acceptors (Lipinski definition) is 4. The third-order valence-electron chi connectivity index (χ3n) is 5.86. The quantitative estimate of drug-likeness (QED) is 0.446. The zero-order chi connectivity index (χ0) is 24.1. The Morgan fingerprint density at radius 3 is 2.56 bits per heavy atom. The molecule has 0 bridgehead atoms. The molecule has 0 fully saturated rings. The van der Waals surface area contributed by atoms with Crippen LogP contribution in [0.25, 0.3) is 0 Å². The standard InChI is InChI=1S/C27H29FN2O3S/c1-19(2)16-29(27(32)20-6-4-3-5-7-20)17-26(31)30-14-12-25-23(13-15-34-25)24(30)18-33-22-10-8-21(28)9-11-22/h3-11,13,15,19,24H,12,14,16-18H2,1-2H3/t24-/m1/s1. The zero-order valence-corrected chi connectivity index (χ0v) is 20.3. The summed E-state index contributed by atoms with van der Waals surface area (Å²) in [6.07, 6.45) is 0.780. The van der Waals surface area contributed by atoms with E-state index in [4.69, 9.17) is 4.74 Å². The first kappa shape index (κ1) is 24.0. The van der Waals surface area contributed by atoms with Crippen molar-refractivity contribution >= 4 is 23.2 Å². The van der Waals surface area contributed by atoms with Crippen molar-refractivity contribution in [2.24, 2.45) is 5.92 Å². The Labute approximate surface area is 203 Å². The number of nitrogens with zero attached hydrogens (tertiary/aromatic N) is 2. The Bertz CT molecular complexity index is 1110. The molecule has 0 unspecified atom stereocenters. The van der Waals surface area contributed by atoms with E-state index in [1.54, 1.807) is 40.5 Å². The lowest BCUT2D eigenvalue weighted by Gasteiger charge is -2.37. The first-order chi connectivity index (χ1) is 16.4. The predicted octanol–water partition coefficient (Wildman–Crippen LogP) is 5.19.